The van der Waals surface area contributed by atoms with Crippen molar-refractivity contribution in [2.24, 2.45) is 5.73 Å². The summed E-state index contributed by atoms with van der Waals surface area (Å²) < 4.78 is 0. The van der Waals surface area contributed by atoms with Crippen LogP contribution in [0.15, 0.2) is 30.3 Å². The molecule has 0 aromatic heterocycles. The Morgan fingerprint density at radius 1 is 1.00 bits per heavy atom. The SMILES string of the molecule is CCC[P+](CN)(CCC)c1ccccc1. The first-order valence-corrected chi connectivity index (χ1v) is 8.25. The van der Waals surface area contributed by atoms with Crippen LogP contribution in [0.3, 0.4) is 0 Å². The molecule has 0 amide bonds. The van der Waals surface area contributed by atoms with Gasteiger partial charge in [-0.1, -0.05) is 32.0 Å². The zero-order chi connectivity index (χ0) is 11.1. The van der Waals surface area contributed by atoms with E-state index in [4.69, 9.17) is 5.73 Å². The van der Waals surface area contributed by atoms with E-state index >= 15 is 0 Å². The van der Waals surface area contributed by atoms with Crippen LogP contribution in [0.25, 0.3) is 0 Å². The highest BCUT2D eigenvalue weighted by molar-refractivity contribution is 7.82. The Bertz CT molecular complexity index is 265. The lowest BCUT2D eigenvalue weighted by Gasteiger charge is -2.25. The topological polar surface area (TPSA) is 26.0 Å². The highest BCUT2D eigenvalue weighted by Gasteiger charge is 2.36. The van der Waals surface area contributed by atoms with Gasteiger partial charge in [-0.3, -0.25) is 5.73 Å². The fourth-order valence-corrected chi connectivity index (χ4v) is 6.09. The maximum Gasteiger partial charge on any atom is 0.111 e. The van der Waals surface area contributed by atoms with E-state index in [0.29, 0.717) is 0 Å². The van der Waals surface area contributed by atoms with Gasteiger partial charge in [-0.05, 0) is 25.0 Å². The Morgan fingerprint density at radius 2 is 1.53 bits per heavy atom. The lowest BCUT2D eigenvalue weighted by molar-refractivity contribution is 1.03. The van der Waals surface area contributed by atoms with Crippen molar-refractivity contribution in [3.05, 3.63) is 30.3 Å². The van der Waals surface area contributed by atoms with Gasteiger partial charge in [-0.25, -0.2) is 0 Å². The van der Waals surface area contributed by atoms with Crippen LogP contribution in [0.5, 0.6) is 0 Å². The molecule has 0 saturated carbocycles. The molecule has 84 valence electrons. The molecule has 2 heteroatoms. The summed E-state index contributed by atoms with van der Waals surface area (Å²) in [6.45, 7) is 4.53. The number of hydrogen-bond donors (Lipinski definition) is 1. The second kappa shape index (κ2) is 6.25. The molecule has 1 rings (SSSR count). The standard InChI is InChI=1S/C13H23NP/c1-3-10-15(12-14,11-4-2)13-8-6-5-7-9-13/h5-9H,3-4,10-12,14H2,1-2H3/q+1. The van der Waals surface area contributed by atoms with Crippen LogP contribution in [-0.2, 0) is 0 Å². The summed E-state index contributed by atoms with van der Waals surface area (Å²) in [5, 5.41) is 1.52. The van der Waals surface area contributed by atoms with Gasteiger partial charge in [-0.15, -0.1) is 0 Å². The number of nitrogens with two attached hydrogens (primary N) is 1. The fourth-order valence-electron chi connectivity index (χ4n) is 2.26. The minimum Gasteiger partial charge on any atom is -0.299 e. The van der Waals surface area contributed by atoms with Crippen molar-refractivity contribution in [1.29, 1.82) is 0 Å². The fraction of sp³-hybridized carbons (Fsp3) is 0.538. The minimum absolute atomic E-state index is 0.874. The average Bonchev–Trinajstić information content (AvgIpc) is 2.30. The molecule has 15 heavy (non-hydrogen) atoms. The highest BCUT2D eigenvalue weighted by Crippen LogP contribution is 2.56. The Kier molecular flexibility index (Phi) is 5.28. The Hall–Kier alpha value is -0.390. The smallest absolute Gasteiger partial charge is 0.111 e. The Balaban J connectivity index is 2.97. The summed E-state index contributed by atoms with van der Waals surface area (Å²) >= 11 is 0. The maximum atomic E-state index is 6.06. The lowest BCUT2D eigenvalue weighted by atomic mass is 10.4. The zero-order valence-corrected chi connectivity index (χ0v) is 10.8. The van der Waals surface area contributed by atoms with Gasteiger partial charge in [0.25, 0.3) is 0 Å². The summed E-state index contributed by atoms with van der Waals surface area (Å²) in [4.78, 5) is 0. The molecule has 0 heterocycles. The molecule has 0 aliphatic heterocycles. The molecule has 0 fully saturated rings. The molecular formula is C13H23NP+. The van der Waals surface area contributed by atoms with E-state index in [1.165, 1.54) is 30.5 Å². The summed E-state index contributed by atoms with van der Waals surface area (Å²) in [6, 6.07) is 10.9. The summed E-state index contributed by atoms with van der Waals surface area (Å²) in [5.41, 5.74) is 6.06. The molecule has 0 aliphatic rings. The normalized spacial score (nSPS) is 11.7. The van der Waals surface area contributed by atoms with E-state index in [-0.39, 0.29) is 0 Å². The summed E-state index contributed by atoms with van der Waals surface area (Å²) in [7, 11) is -1.05. The van der Waals surface area contributed by atoms with Gasteiger partial charge in [0, 0.05) is 0 Å². The van der Waals surface area contributed by atoms with E-state index in [9.17, 15) is 0 Å². The molecule has 1 aromatic carbocycles. The van der Waals surface area contributed by atoms with Crippen LogP contribution < -0.4 is 11.0 Å². The van der Waals surface area contributed by atoms with E-state index in [1.54, 1.807) is 0 Å². The maximum absolute atomic E-state index is 6.06. The van der Waals surface area contributed by atoms with Crippen molar-refractivity contribution in [2.45, 2.75) is 26.7 Å². The van der Waals surface area contributed by atoms with Crippen LogP contribution in [0.4, 0.5) is 0 Å². The van der Waals surface area contributed by atoms with Crippen molar-refractivity contribution < 1.29 is 0 Å². The van der Waals surface area contributed by atoms with E-state index in [0.717, 1.165) is 6.29 Å². The lowest BCUT2D eigenvalue weighted by Crippen LogP contribution is -2.24. The van der Waals surface area contributed by atoms with Gasteiger partial charge in [0.15, 0.2) is 0 Å². The first kappa shape index (κ1) is 12.7. The second-order valence-corrected chi connectivity index (χ2v) is 8.18. The molecule has 0 spiro atoms. The van der Waals surface area contributed by atoms with Crippen LogP contribution in [0.2, 0.25) is 0 Å². The van der Waals surface area contributed by atoms with Crippen molar-refractivity contribution in [1.82, 2.24) is 0 Å². The number of hydrogen-bond acceptors (Lipinski definition) is 1. The van der Waals surface area contributed by atoms with Crippen molar-refractivity contribution in [2.75, 3.05) is 18.6 Å². The average molecular weight is 224 g/mol. The van der Waals surface area contributed by atoms with E-state index < -0.39 is 7.26 Å². The summed E-state index contributed by atoms with van der Waals surface area (Å²) in [5.74, 6) is 0. The monoisotopic (exact) mass is 224 g/mol. The van der Waals surface area contributed by atoms with Gasteiger partial charge < -0.3 is 0 Å². The van der Waals surface area contributed by atoms with Gasteiger partial charge in [0.05, 0.1) is 24.9 Å². The van der Waals surface area contributed by atoms with Crippen LogP contribution >= 0.6 is 7.26 Å². The van der Waals surface area contributed by atoms with E-state index in [1.807, 2.05) is 0 Å². The van der Waals surface area contributed by atoms with Gasteiger partial charge in [-0.2, -0.15) is 0 Å². The predicted octanol–water partition coefficient (Wildman–Crippen LogP) is 3.07. The van der Waals surface area contributed by atoms with Gasteiger partial charge in [0.2, 0.25) is 0 Å². The molecule has 0 radical (unpaired) electrons. The molecule has 0 saturated heterocycles. The minimum atomic E-state index is -1.05. The molecule has 0 bridgehead atoms. The molecule has 0 atom stereocenters. The third kappa shape index (κ3) is 3.03. The molecule has 0 unspecified atom stereocenters. The molecule has 1 aromatic rings. The van der Waals surface area contributed by atoms with Crippen LogP contribution in [-0.4, -0.2) is 18.6 Å². The largest absolute Gasteiger partial charge is 0.299 e. The molecule has 1 nitrogen and oxygen atoms in total. The number of benzene rings is 1. The van der Waals surface area contributed by atoms with Gasteiger partial charge >= 0.3 is 0 Å². The molecular weight excluding hydrogens is 201 g/mol. The predicted molar refractivity (Wildman–Crippen MR) is 72.4 cm³/mol. The third-order valence-electron chi connectivity index (χ3n) is 2.96. The van der Waals surface area contributed by atoms with Crippen molar-refractivity contribution in [3.63, 3.8) is 0 Å². The van der Waals surface area contributed by atoms with E-state index in [2.05, 4.69) is 44.2 Å². The summed E-state index contributed by atoms with van der Waals surface area (Å²) in [6.07, 6.45) is 5.99. The van der Waals surface area contributed by atoms with Crippen LogP contribution in [0.1, 0.15) is 26.7 Å². The highest BCUT2D eigenvalue weighted by atomic mass is 31.2. The third-order valence-corrected chi connectivity index (χ3v) is 7.66. The Labute approximate surface area is 94.4 Å². The first-order valence-electron chi connectivity index (χ1n) is 5.91. The Morgan fingerprint density at radius 3 is 1.93 bits per heavy atom. The molecule has 0 aliphatic carbocycles. The quantitative estimate of drug-likeness (QED) is 0.738. The van der Waals surface area contributed by atoms with Crippen LogP contribution in [0, 0.1) is 0 Å². The molecule has 2 N–H and O–H groups in total. The zero-order valence-electron chi connectivity index (χ0n) is 9.95. The van der Waals surface area contributed by atoms with Gasteiger partial charge in [0.1, 0.15) is 6.29 Å². The second-order valence-electron chi connectivity index (χ2n) is 4.11. The van der Waals surface area contributed by atoms with Crippen molar-refractivity contribution in [3.8, 4) is 0 Å². The van der Waals surface area contributed by atoms with Crippen molar-refractivity contribution >= 4 is 12.6 Å². The number of rotatable bonds is 6. The first-order chi connectivity index (χ1) is 7.29.